The van der Waals surface area contributed by atoms with Crippen molar-refractivity contribution in [3.05, 3.63) is 41.2 Å². The van der Waals surface area contributed by atoms with Gasteiger partial charge in [0.1, 0.15) is 5.76 Å². The number of hydrogen-bond acceptors (Lipinski definition) is 2. The molecule has 2 nitrogen and oxygen atoms in total. The SMILES string of the molecule is C/C=C\c1cncc(C)c1/C(O)=C\C. The van der Waals surface area contributed by atoms with Gasteiger partial charge < -0.3 is 5.11 Å². The summed E-state index contributed by atoms with van der Waals surface area (Å²) < 4.78 is 0. The number of allylic oxidation sites excluding steroid dienone is 2. The van der Waals surface area contributed by atoms with Gasteiger partial charge in [0.2, 0.25) is 0 Å². The van der Waals surface area contributed by atoms with Crippen LogP contribution in [0.5, 0.6) is 0 Å². The van der Waals surface area contributed by atoms with E-state index in [9.17, 15) is 5.11 Å². The molecule has 0 fully saturated rings. The predicted molar refractivity (Wildman–Crippen MR) is 60.0 cm³/mol. The highest BCUT2D eigenvalue weighted by molar-refractivity contribution is 5.71. The Bertz CT molecular complexity index is 378. The molecular weight excluding hydrogens is 174 g/mol. The van der Waals surface area contributed by atoms with Crippen LogP contribution in [0.1, 0.15) is 30.5 Å². The lowest BCUT2D eigenvalue weighted by atomic mass is 10.0. The average molecular weight is 189 g/mol. The number of aromatic nitrogens is 1. The molecule has 1 N–H and O–H groups in total. The summed E-state index contributed by atoms with van der Waals surface area (Å²) in [5.41, 5.74) is 2.79. The van der Waals surface area contributed by atoms with E-state index in [-0.39, 0.29) is 0 Å². The first-order chi connectivity index (χ1) is 6.70. The lowest BCUT2D eigenvalue weighted by molar-refractivity contribution is 0.510. The number of rotatable bonds is 2. The molecule has 0 saturated carbocycles. The van der Waals surface area contributed by atoms with Gasteiger partial charge in [0.15, 0.2) is 0 Å². The minimum Gasteiger partial charge on any atom is -0.508 e. The van der Waals surface area contributed by atoms with Crippen LogP contribution < -0.4 is 0 Å². The van der Waals surface area contributed by atoms with Gasteiger partial charge in [-0.2, -0.15) is 0 Å². The van der Waals surface area contributed by atoms with Gasteiger partial charge >= 0.3 is 0 Å². The topological polar surface area (TPSA) is 33.1 Å². The minimum absolute atomic E-state index is 0.304. The van der Waals surface area contributed by atoms with E-state index in [0.717, 1.165) is 16.7 Å². The molecule has 2 heteroatoms. The van der Waals surface area contributed by atoms with Crippen molar-refractivity contribution in [2.75, 3.05) is 0 Å². The summed E-state index contributed by atoms with van der Waals surface area (Å²) >= 11 is 0. The molecule has 0 spiro atoms. The highest BCUT2D eigenvalue weighted by atomic mass is 16.3. The Morgan fingerprint density at radius 3 is 2.64 bits per heavy atom. The van der Waals surface area contributed by atoms with Gasteiger partial charge in [-0.05, 0) is 32.4 Å². The summed E-state index contributed by atoms with van der Waals surface area (Å²) in [6.45, 7) is 5.70. The molecule has 0 aliphatic rings. The zero-order valence-corrected chi connectivity index (χ0v) is 8.78. The summed E-state index contributed by atoms with van der Waals surface area (Å²) in [5.74, 6) is 0.304. The first kappa shape index (κ1) is 10.5. The normalized spacial score (nSPS) is 12.4. The third-order valence-electron chi connectivity index (χ3n) is 2.04. The van der Waals surface area contributed by atoms with E-state index in [1.807, 2.05) is 32.9 Å². The summed E-state index contributed by atoms with van der Waals surface area (Å²) in [6.07, 6.45) is 9.07. The molecule has 0 amide bonds. The van der Waals surface area contributed by atoms with Crippen molar-refractivity contribution in [3.8, 4) is 0 Å². The van der Waals surface area contributed by atoms with E-state index in [1.54, 1.807) is 18.5 Å². The molecular formula is C12H15NO. The lowest BCUT2D eigenvalue weighted by Crippen LogP contribution is -1.93. The smallest absolute Gasteiger partial charge is 0.119 e. The summed E-state index contributed by atoms with van der Waals surface area (Å²) in [5, 5.41) is 9.72. The maximum atomic E-state index is 9.72. The van der Waals surface area contributed by atoms with Crippen LogP contribution in [0.3, 0.4) is 0 Å². The highest BCUT2D eigenvalue weighted by Gasteiger charge is 2.06. The summed E-state index contributed by atoms with van der Waals surface area (Å²) in [6, 6.07) is 0. The second-order valence-corrected chi connectivity index (χ2v) is 3.09. The van der Waals surface area contributed by atoms with Crippen molar-refractivity contribution in [1.82, 2.24) is 4.98 Å². The van der Waals surface area contributed by atoms with Gasteiger partial charge in [-0.1, -0.05) is 12.2 Å². The maximum absolute atomic E-state index is 9.72. The molecule has 1 heterocycles. The molecule has 0 radical (unpaired) electrons. The van der Waals surface area contributed by atoms with Crippen molar-refractivity contribution in [1.29, 1.82) is 0 Å². The van der Waals surface area contributed by atoms with Crippen LogP contribution in [0.15, 0.2) is 24.5 Å². The van der Waals surface area contributed by atoms with Crippen LogP contribution in [0.25, 0.3) is 11.8 Å². The van der Waals surface area contributed by atoms with Crippen LogP contribution in [0.4, 0.5) is 0 Å². The average Bonchev–Trinajstić information content (AvgIpc) is 2.18. The standard InChI is InChI=1S/C12H15NO/c1-4-6-10-8-13-7-9(3)12(10)11(14)5-2/h4-8,14H,1-3H3/b6-4-,11-5+. The van der Waals surface area contributed by atoms with E-state index < -0.39 is 0 Å². The number of pyridine rings is 1. The Kier molecular flexibility index (Phi) is 3.46. The second-order valence-electron chi connectivity index (χ2n) is 3.09. The van der Waals surface area contributed by atoms with Crippen molar-refractivity contribution < 1.29 is 5.11 Å². The van der Waals surface area contributed by atoms with Crippen molar-refractivity contribution in [2.24, 2.45) is 0 Å². The molecule has 1 rings (SSSR count). The van der Waals surface area contributed by atoms with Gasteiger partial charge in [-0.25, -0.2) is 0 Å². The third kappa shape index (κ3) is 2.02. The van der Waals surface area contributed by atoms with Crippen LogP contribution >= 0.6 is 0 Å². The number of aryl methyl sites for hydroxylation is 1. The first-order valence-electron chi connectivity index (χ1n) is 4.63. The van der Waals surface area contributed by atoms with Crippen LogP contribution in [0.2, 0.25) is 0 Å². The maximum Gasteiger partial charge on any atom is 0.119 e. The van der Waals surface area contributed by atoms with E-state index >= 15 is 0 Å². The fourth-order valence-corrected chi connectivity index (χ4v) is 1.39. The van der Waals surface area contributed by atoms with E-state index in [1.165, 1.54) is 0 Å². The zero-order valence-electron chi connectivity index (χ0n) is 8.78. The molecule has 0 aliphatic carbocycles. The highest BCUT2D eigenvalue weighted by Crippen LogP contribution is 2.21. The molecule has 0 bridgehead atoms. The molecule has 0 aromatic carbocycles. The van der Waals surface area contributed by atoms with Gasteiger partial charge in [0, 0.05) is 23.5 Å². The van der Waals surface area contributed by atoms with Gasteiger partial charge in [0.05, 0.1) is 0 Å². The van der Waals surface area contributed by atoms with E-state index in [4.69, 9.17) is 0 Å². The lowest BCUT2D eigenvalue weighted by Gasteiger charge is -2.07. The molecule has 0 unspecified atom stereocenters. The second kappa shape index (κ2) is 4.61. The zero-order chi connectivity index (χ0) is 10.6. The van der Waals surface area contributed by atoms with Crippen molar-refractivity contribution in [3.63, 3.8) is 0 Å². The molecule has 0 aliphatic heterocycles. The third-order valence-corrected chi connectivity index (χ3v) is 2.04. The van der Waals surface area contributed by atoms with Gasteiger partial charge in [0.25, 0.3) is 0 Å². The number of hydrogen-bond donors (Lipinski definition) is 1. The van der Waals surface area contributed by atoms with E-state index in [2.05, 4.69) is 4.98 Å². The Morgan fingerprint density at radius 2 is 2.07 bits per heavy atom. The molecule has 14 heavy (non-hydrogen) atoms. The Labute approximate surface area is 84.6 Å². The Balaban J connectivity index is 3.36. The number of nitrogens with zero attached hydrogens (tertiary/aromatic N) is 1. The first-order valence-corrected chi connectivity index (χ1v) is 4.63. The fraction of sp³-hybridized carbons (Fsp3) is 0.250. The minimum atomic E-state index is 0.304. The fourth-order valence-electron chi connectivity index (χ4n) is 1.39. The van der Waals surface area contributed by atoms with Crippen molar-refractivity contribution in [2.45, 2.75) is 20.8 Å². The Morgan fingerprint density at radius 1 is 1.36 bits per heavy atom. The summed E-state index contributed by atoms with van der Waals surface area (Å²) in [7, 11) is 0. The molecule has 0 atom stereocenters. The van der Waals surface area contributed by atoms with Crippen LogP contribution in [0, 0.1) is 6.92 Å². The van der Waals surface area contributed by atoms with Crippen LogP contribution in [-0.4, -0.2) is 10.1 Å². The van der Waals surface area contributed by atoms with Crippen molar-refractivity contribution >= 4 is 11.8 Å². The predicted octanol–water partition coefficient (Wildman–Crippen LogP) is 3.34. The van der Waals surface area contributed by atoms with E-state index in [0.29, 0.717) is 5.76 Å². The molecule has 0 saturated heterocycles. The quantitative estimate of drug-likeness (QED) is 0.724. The number of aliphatic hydroxyl groups is 1. The van der Waals surface area contributed by atoms with Gasteiger partial charge in [-0.15, -0.1) is 0 Å². The largest absolute Gasteiger partial charge is 0.508 e. The van der Waals surface area contributed by atoms with Crippen LogP contribution in [-0.2, 0) is 0 Å². The molecule has 1 aromatic rings. The Hall–Kier alpha value is -1.57. The summed E-state index contributed by atoms with van der Waals surface area (Å²) in [4.78, 5) is 4.09. The van der Waals surface area contributed by atoms with Gasteiger partial charge in [-0.3, -0.25) is 4.98 Å². The molecule has 1 aromatic heterocycles. The monoisotopic (exact) mass is 189 g/mol. The molecule has 74 valence electrons. The number of aliphatic hydroxyl groups excluding tert-OH is 1.